The van der Waals surface area contributed by atoms with Crippen LogP contribution in [0.1, 0.15) is 30.7 Å². The molecule has 27 heavy (non-hydrogen) atoms. The Morgan fingerprint density at radius 2 is 1.56 bits per heavy atom. The first kappa shape index (κ1) is 20.1. The molecule has 0 aromatic carbocycles. The van der Waals surface area contributed by atoms with Crippen molar-refractivity contribution in [1.29, 1.82) is 0 Å². The highest BCUT2D eigenvalue weighted by atomic mass is 35.5. The van der Waals surface area contributed by atoms with Crippen LogP contribution in [0.3, 0.4) is 0 Å². The third kappa shape index (κ3) is 4.26. The molecule has 0 unspecified atom stereocenters. The summed E-state index contributed by atoms with van der Waals surface area (Å²) < 4.78 is 0. The minimum atomic E-state index is -1.02. The van der Waals surface area contributed by atoms with E-state index >= 15 is 0 Å². The molecular formula is C20H24Cl2N4O. The van der Waals surface area contributed by atoms with Gasteiger partial charge in [0.2, 0.25) is 5.91 Å². The Morgan fingerprint density at radius 3 is 2.00 bits per heavy atom. The molecule has 2 aromatic heterocycles. The molecule has 1 amide bonds. The Balaban J connectivity index is 2.20. The minimum Gasteiger partial charge on any atom is -0.342 e. The quantitative estimate of drug-likeness (QED) is 0.686. The van der Waals surface area contributed by atoms with Gasteiger partial charge < -0.3 is 9.80 Å². The third-order valence-corrected chi connectivity index (χ3v) is 5.42. The fraction of sp³-hybridized carbons (Fsp3) is 0.450. The summed E-state index contributed by atoms with van der Waals surface area (Å²) in [5.74, 6) is 0.0198. The van der Waals surface area contributed by atoms with Gasteiger partial charge in [0.15, 0.2) is 0 Å². The fourth-order valence-corrected chi connectivity index (χ4v) is 3.91. The van der Waals surface area contributed by atoms with Crippen molar-refractivity contribution in [2.75, 3.05) is 33.7 Å². The number of likely N-dealkylation sites (tertiary alicyclic amines) is 1. The molecule has 0 spiro atoms. The largest absolute Gasteiger partial charge is 0.342 e. The number of hydrogen-bond acceptors (Lipinski definition) is 4. The van der Waals surface area contributed by atoms with E-state index in [-0.39, 0.29) is 5.91 Å². The van der Waals surface area contributed by atoms with Crippen LogP contribution in [0.4, 0.5) is 0 Å². The van der Waals surface area contributed by atoms with E-state index in [1.807, 2.05) is 43.3 Å². The van der Waals surface area contributed by atoms with Gasteiger partial charge in [-0.3, -0.25) is 4.79 Å². The van der Waals surface area contributed by atoms with E-state index in [0.29, 0.717) is 34.7 Å². The smallest absolute Gasteiger partial charge is 0.240 e. The van der Waals surface area contributed by atoms with E-state index in [2.05, 4.69) is 14.9 Å². The number of carbonyl (C=O) groups excluding carboxylic acids is 1. The van der Waals surface area contributed by atoms with Gasteiger partial charge in [-0.15, -0.1) is 0 Å². The zero-order chi connectivity index (χ0) is 19.4. The molecule has 0 bridgehead atoms. The molecule has 1 saturated heterocycles. The first-order valence-electron chi connectivity index (χ1n) is 9.13. The predicted octanol–water partition coefficient (Wildman–Crippen LogP) is 3.64. The molecule has 0 saturated carbocycles. The van der Waals surface area contributed by atoms with Gasteiger partial charge in [-0.1, -0.05) is 35.3 Å². The van der Waals surface area contributed by atoms with Gasteiger partial charge in [0.25, 0.3) is 0 Å². The van der Waals surface area contributed by atoms with Crippen LogP contribution in [0, 0.1) is 0 Å². The van der Waals surface area contributed by atoms with Crippen LogP contribution in [0.5, 0.6) is 0 Å². The van der Waals surface area contributed by atoms with Crippen molar-refractivity contribution >= 4 is 29.1 Å². The van der Waals surface area contributed by atoms with Crippen molar-refractivity contribution < 1.29 is 4.79 Å². The second kappa shape index (κ2) is 8.55. The van der Waals surface area contributed by atoms with Gasteiger partial charge in [-0.05, 0) is 64.2 Å². The Labute approximate surface area is 170 Å². The minimum absolute atomic E-state index is 0.0198. The number of amides is 1. The van der Waals surface area contributed by atoms with Crippen LogP contribution in [-0.4, -0.2) is 59.4 Å². The molecule has 3 heterocycles. The molecular weight excluding hydrogens is 383 g/mol. The van der Waals surface area contributed by atoms with Gasteiger partial charge >= 0.3 is 0 Å². The number of rotatable bonds is 6. The molecule has 0 radical (unpaired) electrons. The van der Waals surface area contributed by atoms with Gasteiger partial charge in [0.1, 0.15) is 15.7 Å². The Kier molecular flexibility index (Phi) is 6.35. The summed E-state index contributed by atoms with van der Waals surface area (Å²) in [6, 6.07) is 10.8. The van der Waals surface area contributed by atoms with E-state index in [1.165, 1.54) is 0 Å². The highest BCUT2D eigenvalue weighted by molar-refractivity contribution is 6.29. The lowest BCUT2D eigenvalue weighted by atomic mass is 9.75. The van der Waals surface area contributed by atoms with Crippen LogP contribution in [0.25, 0.3) is 0 Å². The van der Waals surface area contributed by atoms with E-state index in [0.717, 1.165) is 25.9 Å². The Hall–Kier alpha value is -1.69. The van der Waals surface area contributed by atoms with Gasteiger partial charge in [0, 0.05) is 13.1 Å². The number of hydrogen-bond donors (Lipinski definition) is 0. The molecule has 0 N–H and O–H groups in total. The second-order valence-electron chi connectivity index (χ2n) is 7.15. The number of carbonyl (C=O) groups is 1. The van der Waals surface area contributed by atoms with E-state index in [4.69, 9.17) is 23.2 Å². The SMILES string of the molecule is CN(C)CCC(C(=O)N1CCCC1)(c1cccc(Cl)n1)c1cccc(Cl)n1. The predicted molar refractivity (Wildman–Crippen MR) is 108 cm³/mol. The van der Waals surface area contributed by atoms with Crippen LogP contribution in [-0.2, 0) is 10.2 Å². The Bertz CT molecular complexity index is 761. The standard InChI is InChI=1S/C20H24Cl2N4O/c1-25(2)14-11-20(15-7-5-9-17(21)23-15,16-8-6-10-18(22)24-16)19(27)26-12-3-4-13-26/h5-10H,3-4,11-14H2,1-2H3. The summed E-state index contributed by atoms with van der Waals surface area (Å²) in [5, 5.41) is 0.718. The summed E-state index contributed by atoms with van der Waals surface area (Å²) in [5.41, 5.74) is 0.205. The fourth-order valence-electron chi connectivity index (χ4n) is 3.59. The summed E-state index contributed by atoms with van der Waals surface area (Å²) >= 11 is 12.4. The summed E-state index contributed by atoms with van der Waals surface area (Å²) in [6.07, 6.45) is 2.57. The molecule has 7 heteroatoms. The van der Waals surface area contributed by atoms with Gasteiger partial charge in [0.05, 0.1) is 11.4 Å². The molecule has 1 aliphatic heterocycles. The molecule has 0 atom stereocenters. The Morgan fingerprint density at radius 1 is 1.04 bits per heavy atom. The molecule has 144 valence electrons. The topological polar surface area (TPSA) is 49.3 Å². The average molecular weight is 407 g/mol. The lowest BCUT2D eigenvalue weighted by Gasteiger charge is -2.36. The van der Waals surface area contributed by atoms with E-state index in [1.54, 1.807) is 12.1 Å². The third-order valence-electron chi connectivity index (χ3n) is 5.00. The zero-order valence-electron chi connectivity index (χ0n) is 15.7. The molecule has 3 rings (SSSR count). The number of pyridine rings is 2. The maximum absolute atomic E-state index is 13.8. The van der Waals surface area contributed by atoms with Crippen LogP contribution < -0.4 is 0 Å². The zero-order valence-corrected chi connectivity index (χ0v) is 17.2. The van der Waals surface area contributed by atoms with Crippen molar-refractivity contribution in [3.8, 4) is 0 Å². The van der Waals surface area contributed by atoms with Crippen LogP contribution >= 0.6 is 23.2 Å². The number of nitrogens with zero attached hydrogens (tertiary/aromatic N) is 4. The van der Waals surface area contributed by atoms with Gasteiger partial charge in [-0.2, -0.15) is 0 Å². The maximum Gasteiger partial charge on any atom is 0.240 e. The molecule has 1 aliphatic rings. The van der Waals surface area contributed by atoms with E-state index < -0.39 is 5.41 Å². The van der Waals surface area contributed by atoms with Crippen molar-refractivity contribution in [3.05, 3.63) is 58.1 Å². The lowest BCUT2D eigenvalue weighted by molar-refractivity contribution is -0.135. The second-order valence-corrected chi connectivity index (χ2v) is 7.92. The van der Waals surface area contributed by atoms with Gasteiger partial charge in [-0.25, -0.2) is 9.97 Å². The number of halogens is 2. The monoisotopic (exact) mass is 406 g/mol. The van der Waals surface area contributed by atoms with Crippen molar-refractivity contribution in [3.63, 3.8) is 0 Å². The molecule has 0 aliphatic carbocycles. The first-order valence-corrected chi connectivity index (χ1v) is 9.89. The molecule has 1 fully saturated rings. The molecule has 2 aromatic rings. The molecule has 5 nitrogen and oxygen atoms in total. The normalized spacial score (nSPS) is 14.8. The van der Waals surface area contributed by atoms with Crippen LogP contribution in [0.2, 0.25) is 10.3 Å². The highest BCUT2D eigenvalue weighted by Crippen LogP contribution is 2.38. The maximum atomic E-state index is 13.8. The van der Waals surface area contributed by atoms with Crippen molar-refractivity contribution in [1.82, 2.24) is 19.8 Å². The summed E-state index contributed by atoms with van der Waals surface area (Å²) in [6.45, 7) is 2.20. The van der Waals surface area contributed by atoms with Crippen LogP contribution in [0.15, 0.2) is 36.4 Å². The van der Waals surface area contributed by atoms with Crippen molar-refractivity contribution in [2.45, 2.75) is 24.7 Å². The highest BCUT2D eigenvalue weighted by Gasteiger charge is 2.47. The summed E-state index contributed by atoms with van der Waals surface area (Å²) in [7, 11) is 3.98. The van der Waals surface area contributed by atoms with E-state index in [9.17, 15) is 4.79 Å². The average Bonchev–Trinajstić information content (AvgIpc) is 3.17. The summed E-state index contributed by atoms with van der Waals surface area (Å²) in [4.78, 5) is 26.9. The lowest BCUT2D eigenvalue weighted by Crippen LogP contribution is -2.49. The van der Waals surface area contributed by atoms with Crippen molar-refractivity contribution in [2.24, 2.45) is 0 Å². The number of aromatic nitrogens is 2. The first-order chi connectivity index (χ1) is 12.9.